The van der Waals surface area contributed by atoms with Crippen molar-refractivity contribution in [3.63, 3.8) is 0 Å². The molecule has 0 aliphatic carbocycles. The minimum absolute atomic E-state index is 0.960. The number of aryl methyl sites for hydroxylation is 1. The van der Waals surface area contributed by atoms with E-state index < -0.39 is 0 Å². The third-order valence-electron chi connectivity index (χ3n) is 6.15. The van der Waals surface area contributed by atoms with Crippen molar-refractivity contribution in [1.29, 1.82) is 0 Å². The maximum absolute atomic E-state index is 4.35. The van der Waals surface area contributed by atoms with Gasteiger partial charge in [-0.05, 0) is 77.1 Å². The lowest BCUT2D eigenvalue weighted by atomic mass is 9.96. The van der Waals surface area contributed by atoms with Gasteiger partial charge in [-0.3, -0.25) is 0 Å². The summed E-state index contributed by atoms with van der Waals surface area (Å²) in [6.07, 6.45) is 8.23. The van der Waals surface area contributed by atoms with Crippen molar-refractivity contribution in [3.8, 4) is 11.1 Å². The molecule has 0 spiro atoms. The Balaban J connectivity index is 1.57. The maximum atomic E-state index is 4.35. The molecule has 35 heavy (non-hydrogen) atoms. The van der Waals surface area contributed by atoms with Crippen LogP contribution in [0.5, 0.6) is 0 Å². The molecule has 0 unspecified atom stereocenters. The number of anilines is 2. The van der Waals surface area contributed by atoms with E-state index in [1.54, 1.807) is 0 Å². The summed E-state index contributed by atoms with van der Waals surface area (Å²) in [4.78, 5) is 0. The van der Waals surface area contributed by atoms with Crippen molar-refractivity contribution < 1.29 is 0 Å². The van der Waals surface area contributed by atoms with Crippen molar-refractivity contribution in [3.05, 3.63) is 151 Å². The van der Waals surface area contributed by atoms with E-state index in [2.05, 4.69) is 110 Å². The zero-order chi connectivity index (χ0) is 24.6. The number of benzene rings is 4. The summed E-state index contributed by atoms with van der Waals surface area (Å²) in [7, 11) is 0. The van der Waals surface area contributed by atoms with E-state index in [1.807, 2.05) is 43.3 Å². The average Bonchev–Trinajstić information content (AvgIpc) is 2.90. The van der Waals surface area contributed by atoms with Crippen LogP contribution in [-0.4, -0.2) is 0 Å². The lowest BCUT2D eigenvalue weighted by molar-refractivity contribution is 1.44. The summed E-state index contributed by atoms with van der Waals surface area (Å²) in [6, 6.07) is 33.7. The van der Waals surface area contributed by atoms with Crippen molar-refractivity contribution in [2.24, 2.45) is 0 Å². The predicted octanol–water partition coefficient (Wildman–Crippen LogP) is 9.72. The van der Waals surface area contributed by atoms with E-state index in [0.29, 0.717) is 0 Å². The van der Waals surface area contributed by atoms with Gasteiger partial charge in [0.1, 0.15) is 0 Å². The molecule has 0 bridgehead atoms. The first kappa shape index (κ1) is 23.8. The summed E-state index contributed by atoms with van der Waals surface area (Å²) in [6.45, 7) is 12.4. The molecule has 0 aliphatic rings. The van der Waals surface area contributed by atoms with Gasteiger partial charge in [0.25, 0.3) is 0 Å². The highest BCUT2D eigenvalue weighted by Crippen LogP contribution is 2.29. The van der Waals surface area contributed by atoms with Crippen LogP contribution in [0.25, 0.3) is 28.3 Å². The van der Waals surface area contributed by atoms with Crippen LogP contribution in [0.2, 0.25) is 0 Å². The van der Waals surface area contributed by atoms with E-state index in [-0.39, 0.29) is 0 Å². The molecule has 0 aliphatic heterocycles. The van der Waals surface area contributed by atoms with E-state index in [9.17, 15) is 0 Å². The van der Waals surface area contributed by atoms with E-state index in [0.717, 1.165) is 28.1 Å². The summed E-state index contributed by atoms with van der Waals surface area (Å²) in [5.41, 5.74) is 11.3. The number of allylic oxidation sites excluding steroid dienone is 5. The van der Waals surface area contributed by atoms with Crippen molar-refractivity contribution >= 4 is 28.6 Å². The molecule has 0 atom stereocenters. The zero-order valence-electron chi connectivity index (χ0n) is 20.5. The van der Waals surface area contributed by atoms with Crippen LogP contribution in [0.1, 0.15) is 29.2 Å². The molecule has 1 heteroatoms. The summed E-state index contributed by atoms with van der Waals surface area (Å²) >= 11 is 0. The molecule has 0 radical (unpaired) electrons. The highest BCUT2D eigenvalue weighted by Gasteiger charge is 2.06. The Bertz CT molecular complexity index is 1390. The Morgan fingerprint density at radius 1 is 0.800 bits per heavy atom. The molecule has 4 aromatic rings. The molecule has 0 heterocycles. The summed E-state index contributed by atoms with van der Waals surface area (Å²) in [5, 5.41) is 3.51. The number of hydrogen-bond acceptors (Lipinski definition) is 1. The van der Waals surface area contributed by atoms with Gasteiger partial charge in [0.15, 0.2) is 0 Å². The fraction of sp³-hybridized carbons (Fsp3) is 0.0588. The monoisotopic (exact) mass is 453 g/mol. The van der Waals surface area contributed by atoms with Gasteiger partial charge in [0.05, 0.1) is 0 Å². The second-order valence-electron chi connectivity index (χ2n) is 8.49. The Morgan fingerprint density at radius 2 is 1.49 bits per heavy atom. The van der Waals surface area contributed by atoms with E-state index in [4.69, 9.17) is 0 Å². The highest BCUT2D eigenvalue weighted by molar-refractivity contribution is 5.86. The second-order valence-corrected chi connectivity index (χ2v) is 8.49. The SMILES string of the molecule is C=C/C(=C\C)c1ccc(-c2ccc(C)c(/C=C\C(=C)c3ccccc3Nc3ccccc3)c2)cc1. The summed E-state index contributed by atoms with van der Waals surface area (Å²) in [5.74, 6) is 0. The smallest absolute Gasteiger partial charge is 0.0463 e. The van der Waals surface area contributed by atoms with Crippen LogP contribution < -0.4 is 5.32 Å². The molecule has 0 saturated carbocycles. The Morgan fingerprint density at radius 3 is 2.20 bits per heavy atom. The molecule has 4 rings (SSSR count). The van der Waals surface area contributed by atoms with Gasteiger partial charge >= 0.3 is 0 Å². The number of hydrogen-bond donors (Lipinski definition) is 1. The van der Waals surface area contributed by atoms with Crippen LogP contribution in [-0.2, 0) is 0 Å². The molecule has 4 aromatic carbocycles. The zero-order valence-corrected chi connectivity index (χ0v) is 20.5. The Hall–Kier alpha value is -4.36. The largest absolute Gasteiger partial charge is 0.355 e. The van der Waals surface area contributed by atoms with Crippen LogP contribution in [0.15, 0.2) is 128 Å². The molecule has 0 fully saturated rings. The average molecular weight is 454 g/mol. The minimum atomic E-state index is 0.960. The molecule has 0 saturated heterocycles. The lowest BCUT2D eigenvalue weighted by Crippen LogP contribution is -1.94. The van der Waals surface area contributed by atoms with Gasteiger partial charge in [-0.25, -0.2) is 0 Å². The highest BCUT2D eigenvalue weighted by atomic mass is 14.9. The fourth-order valence-corrected chi connectivity index (χ4v) is 4.09. The molecule has 0 aromatic heterocycles. The number of nitrogens with one attached hydrogen (secondary N) is 1. The van der Waals surface area contributed by atoms with Crippen LogP contribution in [0, 0.1) is 6.92 Å². The normalized spacial score (nSPS) is 11.4. The standard InChI is InChI=1S/C34H31N/c1-5-27(6-2)28-20-22-29(23-21-28)31-19-16-25(3)30(24-31)18-17-26(4)33-14-10-11-15-34(33)35-32-12-8-7-9-13-32/h5-24,35H,1,4H2,2-3H3/b18-17-,27-6+. The quantitative estimate of drug-likeness (QED) is 0.262. The van der Waals surface area contributed by atoms with Gasteiger partial charge in [0.2, 0.25) is 0 Å². The van der Waals surface area contributed by atoms with Crippen molar-refractivity contribution in [1.82, 2.24) is 0 Å². The predicted molar refractivity (Wildman–Crippen MR) is 155 cm³/mol. The first-order valence-electron chi connectivity index (χ1n) is 11.9. The van der Waals surface area contributed by atoms with Gasteiger partial charge in [-0.15, -0.1) is 0 Å². The summed E-state index contributed by atoms with van der Waals surface area (Å²) < 4.78 is 0. The van der Waals surface area contributed by atoms with Crippen LogP contribution in [0.4, 0.5) is 11.4 Å². The molecule has 1 nitrogen and oxygen atoms in total. The van der Waals surface area contributed by atoms with Crippen LogP contribution in [0.3, 0.4) is 0 Å². The van der Waals surface area contributed by atoms with E-state index >= 15 is 0 Å². The maximum Gasteiger partial charge on any atom is 0.0463 e. The second kappa shape index (κ2) is 11.2. The Kier molecular flexibility index (Phi) is 7.60. The molecule has 1 N–H and O–H groups in total. The first-order chi connectivity index (χ1) is 17.1. The van der Waals surface area contributed by atoms with Gasteiger partial charge in [-0.2, -0.15) is 0 Å². The molecular weight excluding hydrogens is 422 g/mol. The number of para-hydroxylation sites is 2. The molecule has 0 amide bonds. The minimum Gasteiger partial charge on any atom is -0.355 e. The van der Waals surface area contributed by atoms with Gasteiger partial charge < -0.3 is 5.32 Å². The Labute approximate surface area is 209 Å². The molecular formula is C34H31N. The lowest BCUT2D eigenvalue weighted by Gasteiger charge is -2.12. The molecule has 172 valence electrons. The van der Waals surface area contributed by atoms with E-state index in [1.165, 1.54) is 27.8 Å². The topological polar surface area (TPSA) is 12.0 Å². The van der Waals surface area contributed by atoms with Gasteiger partial charge in [0, 0.05) is 16.9 Å². The van der Waals surface area contributed by atoms with Crippen molar-refractivity contribution in [2.45, 2.75) is 13.8 Å². The third-order valence-corrected chi connectivity index (χ3v) is 6.15. The number of rotatable bonds is 8. The first-order valence-corrected chi connectivity index (χ1v) is 11.9. The van der Waals surface area contributed by atoms with Crippen molar-refractivity contribution in [2.75, 3.05) is 5.32 Å². The fourth-order valence-electron chi connectivity index (χ4n) is 4.09. The van der Waals surface area contributed by atoms with Gasteiger partial charge in [-0.1, -0.05) is 110 Å². The third kappa shape index (κ3) is 5.77. The van der Waals surface area contributed by atoms with Crippen LogP contribution >= 0.6 is 0 Å².